The number of aromatic nitrogens is 2. The average Bonchev–Trinajstić information content (AvgIpc) is 3.50. The molecule has 1 N–H and O–H groups in total. The van der Waals surface area contributed by atoms with E-state index in [0.717, 1.165) is 49.5 Å². The number of benzene rings is 1. The van der Waals surface area contributed by atoms with Crippen LogP contribution in [-0.4, -0.2) is 59.1 Å². The minimum absolute atomic E-state index is 0.0293. The molecule has 0 bridgehead atoms. The molecule has 1 unspecified atom stereocenters. The van der Waals surface area contributed by atoms with Crippen molar-refractivity contribution in [3.8, 4) is 0 Å². The summed E-state index contributed by atoms with van der Waals surface area (Å²) in [6.07, 6.45) is 2.06. The van der Waals surface area contributed by atoms with E-state index < -0.39 is 0 Å². The number of carbonyl (C=O) groups excluding carboxylic acids is 1. The fraction of sp³-hybridized carbons (Fsp3) is 0.591. The van der Waals surface area contributed by atoms with Gasteiger partial charge in [-0.3, -0.25) is 14.2 Å². The van der Waals surface area contributed by atoms with Gasteiger partial charge in [0.15, 0.2) is 0 Å². The van der Waals surface area contributed by atoms with Crippen molar-refractivity contribution in [3.05, 3.63) is 34.4 Å². The molecule has 1 aliphatic heterocycles. The van der Waals surface area contributed by atoms with E-state index in [9.17, 15) is 9.59 Å². The summed E-state index contributed by atoms with van der Waals surface area (Å²) >= 11 is 0. The number of likely N-dealkylation sites (N-methyl/N-ethyl adjacent to an activating group) is 1. The normalized spacial score (nSPS) is 20.4. The topological polar surface area (TPSA) is 70.5 Å². The van der Waals surface area contributed by atoms with Crippen LogP contribution < -0.4 is 15.8 Å². The highest BCUT2D eigenvalue weighted by atomic mass is 16.2. The van der Waals surface area contributed by atoms with Gasteiger partial charge in [-0.2, -0.15) is 0 Å². The van der Waals surface area contributed by atoms with Gasteiger partial charge in [0, 0.05) is 43.3 Å². The lowest BCUT2D eigenvalue weighted by Crippen LogP contribution is -2.50. The van der Waals surface area contributed by atoms with Gasteiger partial charge in [0.25, 0.3) is 5.56 Å². The Hall–Kier alpha value is -2.41. The van der Waals surface area contributed by atoms with Gasteiger partial charge in [-0.1, -0.05) is 0 Å². The van der Waals surface area contributed by atoms with Crippen LogP contribution in [-0.2, 0) is 11.3 Å². The van der Waals surface area contributed by atoms with Crippen molar-refractivity contribution in [2.24, 2.45) is 0 Å². The molecule has 1 amide bonds. The third kappa shape index (κ3) is 4.15. The Balaban J connectivity index is 1.72. The van der Waals surface area contributed by atoms with Gasteiger partial charge in [0.2, 0.25) is 5.91 Å². The van der Waals surface area contributed by atoms with Crippen molar-refractivity contribution in [2.75, 3.05) is 31.6 Å². The maximum Gasteiger partial charge on any atom is 0.261 e. The van der Waals surface area contributed by atoms with Gasteiger partial charge in [-0.05, 0) is 58.9 Å². The van der Waals surface area contributed by atoms with Crippen LogP contribution in [0.25, 0.3) is 10.9 Å². The zero-order chi connectivity index (χ0) is 20.7. The summed E-state index contributed by atoms with van der Waals surface area (Å²) in [6, 6.07) is 6.49. The third-order valence-corrected chi connectivity index (χ3v) is 5.99. The lowest BCUT2D eigenvalue weighted by Gasteiger charge is -2.39. The van der Waals surface area contributed by atoms with Crippen LogP contribution >= 0.6 is 0 Å². The SMILES string of the molecule is CC(C)NC(=O)Cn1c(C2CC2)nc2ccc(N3CCN(C)C(C)C3)cc2c1=O. The molecule has 1 aromatic carbocycles. The Labute approximate surface area is 171 Å². The monoisotopic (exact) mass is 397 g/mol. The number of fused-ring (bicyclic) bond motifs is 1. The quantitative estimate of drug-likeness (QED) is 0.835. The Morgan fingerprint density at radius 1 is 1.28 bits per heavy atom. The second-order valence-electron chi connectivity index (χ2n) is 8.83. The Bertz CT molecular complexity index is 979. The minimum atomic E-state index is -0.144. The molecule has 2 aliphatic rings. The fourth-order valence-corrected chi connectivity index (χ4v) is 4.02. The Morgan fingerprint density at radius 2 is 2.03 bits per heavy atom. The highest BCUT2D eigenvalue weighted by Gasteiger charge is 2.30. The van der Waals surface area contributed by atoms with Crippen LogP contribution in [0.1, 0.15) is 45.4 Å². The molecular weight excluding hydrogens is 366 g/mol. The maximum atomic E-state index is 13.4. The Morgan fingerprint density at radius 3 is 2.69 bits per heavy atom. The van der Waals surface area contributed by atoms with Crippen molar-refractivity contribution >= 4 is 22.5 Å². The van der Waals surface area contributed by atoms with Crippen molar-refractivity contribution in [3.63, 3.8) is 0 Å². The predicted molar refractivity (Wildman–Crippen MR) is 116 cm³/mol. The van der Waals surface area contributed by atoms with E-state index in [2.05, 4.69) is 35.2 Å². The number of carbonyl (C=O) groups is 1. The molecule has 0 spiro atoms. The molecule has 2 aromatic rings. The molecule has 7 nitrogen and oxygen atoms in total. The van der Waals surface area contributed by atoms with Crippen LogP contribution in [0.2, 0.25) is 0 Å². The molecule has 0 radical (unpaired) electrons. The van der Waals surface area contributed by atoms with Crippen molar-refractivity contribution in [1.29, 1.82) is 0 Å². The number of nitrogens with one attached hydrogen (secondary N) is 1. The van der Waals surface area contributed by atoms with Gasteiger partial charge in [-0.15, -0.1) is 0 Å². The summed E-state index contributed by atoms with van der Waals surface area (Å²) in [5.74, 6) is 0.897. The van der Waals surface area contributed by atoms with Crippen LogP contribution in [0.5, 0.6) is 0 Å². The van der Waals surface area contributed by atoms with Crippen molar-refractivity contribution in [2.45, 2.75) is 58.2 Å². The Kier molecular flexibility index (Phi) is 5.34. The van der Waals surface area contributed by atoms with Crippen molar-refractivity contribution in [1.82, 2.24) is 19.8 Å². The number of anilines is 1. The highest BCUT2D eigenvalue weighted by molar-refractivity contribution is 5.83. The zero-order valence-electron chi connectivity index (χ0n) is 17.8. The molecule has 1 aromatic heterocycles. The van der Waals surface area contributed by atoms with E-state index in [1.165, 1.54) is 0 Å². The molecule has 2 heterocycles. The number of hydrogen-bond acceptors (Lipinski definition) is 5. The molecule has 1 atom stereocenters. The first-order valence-corrected chi connectivity index (χ1v) is 10.6. The molecule has 7 heteroatoms. The van der Waals surface area contributed by atoms with Gasteiger partial charge >= 0.3 is 0 Å². The van der Waals surface area contributed by atoms with Gasteiger partial charge in [0.05, 0.1) is 10.9 Å². The molecule has 1 saturated carbocycles. The summed E-state index contributed by atoms with van der Waals surface area (Å²) < 4.78 is 1.59. The van der Waals surface area contributed by atoms with Gasteiger partial charge in [-0.25, -0.2) is 4.98 Å². The smallest absolute Gasteiger partial charge is 0.261 e. The lowest BCUT2D eigenvalue weighted by molar-refractivity contribution is -0.122. The summed E-state index contributed by atoms with van der Waals surface area (Å²) in [4.78, 5) is 35.2. The van der Waals surface area contributed by atoms with Crippen LogP contribution in [0.15, 0.2) is 23.0 Å². The standard InChI is InChI=1S/C22H31N5O2/c1-14(2)23-20(28)13-27-21(16-5-6-16)24-19-8-7-17(11-18(19)22(27)29)26-10-9-25(4)15(3)12-26/h7-8,11,14-16H,5-6,9-10,12-13H2,1-4H3,(H,23,28). The molecule has 29 heavy (non-hydrogen) atoms. The predicted octanol–water partition coefficient (Wildman–Crippen LogP) is 1.94. The number of amides is 1. The zero-order valence-corrected chi connectivity index (χ0v) is 17.8. The first-order valence-electron chi connectivity index (χ1n) is 10.6. The van der Waals surface area contributed by atoms with Crippen LogP contribution in [0.3, 0.4) is 0 Å². The van der Waals surface area contributed by atoms with E-state index >= 15 is 0 Å². The second kappa shape index (κ2) is 7.78. The minimum Gasteiger partial charge on any atom is -0.369 e. The van der Waals surface area contributed by atoms with Gasteiger partial charge < -0.3 is 15.1 Å². The number of nitrogens with zero attached hydrogens (tertiary/aromatic N) is 4. The summed E-state index contributed by atoms with van der Waals surface area (Å²) in [5, 5.41) is 3.48. The molecule has 156 valence electrons. The summed E-state index contributed by atoms with van der Waals surface area (Å²) in [6.45, 7) is 8.95. The first kappa shape index (κ1) is 19.9. The lowest BCUT2D eigenvalue weighted by atomic mass is 10.1. The van der Waals surface area contributed by atoms with E-state index in [4.69, 9.17) is 4.98 Å². The highest BCUT2D eigenvalue weighted by Crippen LogP contribution is 2.39. The van der Waals surface area contributed by atoms with E-state index in [1.807, 2.05) is 26.0 Å². The summed E-state index contributed by atoms with van der Waals surface area (Å²) in [7, 11) is 2.15. The molecule has 2 fully saturated rings. The molecule has 1 aliphatic carbocycles. The van der Waals surface area contributed by atoms with Crippen molar-refractivity contribution < 1.29 is 4.79 Å². The fourth-order valence-electron chi connectivity index (χ4n) is 4.02. The second-order valence-corrected chi connectivity index (χ2v) is 8.83. The summed E-state index contributed by atoms with van der Waals surface area (Å²) in [5.41, 5.74) is 1.66. The number of piperazine rings is 1. The number of rotatable bonds is 5. The molecule has 4 rings (SSSR count). The van der Waals surface area contributed by atoms with Crippen LogP contribution in [0.4, 0.5) is 5.69 Å². The number of hydrogen-bond donors (Lipinski definition) is 1. The third-order valence-electron chi connectivity index (χ3n) is 5.99. The van der Waals surface area contributed by atoms with Gasteiger partial charge in [0.1, 0.15) is 12.4 Å². The largest absolute Gasteiger partial charge is 0.369 e. The maximum absolute atomic E-state index is 13.4. The first-order chi connectivity index (χ1) is 13.8. The van der Waals surface area contributed by atoms with E-state index in [1.54, 1.807) is 4.57 Å². The molecular formula is C22H31N5O2. The van der Waals surface area contributed by atoms with E-state index in [-0.39, 0.29) is 30.0 Å². The average molecular weight is 398 g/mol. The van der Waals surface area contributed by atoms with Crippen LogP contribution in [0, 0.1) is 0 Å². The van der Waals surface area contributed by atoms with E-state index in [0.29, 0.717) is 11.4 Å². The molecule has 1 saturated heterocycles.